The molecular weight excluding hydrogens is 320 g/mol. The lowest BCUT2D eigenvalue weighted by Gasteiger charge is -2.35. The van der Waals surface area contributed by atoms with E-state index in [1.165, 1.54) is 0 Å². The third-order valence-corrected chi connectivity index (χ3v) is 4.91. The molecule has 0 saturated carbocycles. The molecule has 2 fully saturated rings. The van der Waals surface area contributed by atoms with Crippen molar-refractivity contribution < 1.29 is 19.1 Å². The van der Waals surface area contributed by atoms with E-state index in [-0.39, 0.29) is 23.8 Å². The van der Waals surface area contributed by atoms with E-state index < -0.39 is 5.60 Å². The van der Waals surface area contributed by atoms with Crippen LogP contribution in [0.3, 0.4) is 0 Å². The van der Waals surface area contributed by atoms with Gasteiger partial charge in [0, 0.05) is 20.1 Å². The van der Waals surface area contributed by atoms with Gasteiger partial charge >= 0.3 is 0 Å². The molecule has 6 heteroatoms. The number of rotatable bonds is 3. The van der Waals surface area contributed by atoms with Gasteiger partial charge in [-0.3, -0.25) is 9.59 Å². The lowest BCUT2D eigenvalue weighted by molar-refractivity contribution is -0.147. The molecule has 0 spiro atoms. The molecule has 3 rings (SSSR count). The Balaban J connectivity index is 1.78. The summed E-state index contributed by atoms with van der Waals surface area (Å²) in [5.74, 6) is 0.310. The minimum atomic E-state index is -1.01. The zero-order valence-electron chi connectivity index (χ0n) is 15.3. The summed E-state index contributed by atoms with van der Waals surface area (Å²) in [5, 5.41) is 0. The van der Waals surface area contributed by atoms with E-state index in [0.29, 0.717) is 32.1 Å². The number of amides is 2. The number of hydrogen-bond donors (Lipinski definition) is 0. The highest BCUT2D eigenvalue weighted by molar-refractivity contribution is 5.87. The Bertz CT molecular complexity index is 673. The fraction of sp³-hybridized carbons (Fsp3) is 0.579. The second-order valence-electron chi connectivity index (χ2n) is 7.48. The van der Waals surface area contributed by atoms with Crippen LogP contribution >= 0.6 is 0 Å². The predicted octanol–water partition coefficient (Wildman–Crippen LogP) is 1.47. The Morgan fingerprint density at radius 2 is 2.04 bits per heavy atom. The first-order chi connectivity index (χ1) is 11.8. The molecule has 2 aliphatic rings. The Morgan fingerprint density at radius 3 is 2.76 bits per heavy atom. The monoisotopic (exact) mass is 346 g/mol. The smallest absolute Gasteiger partial charge is 0.266 e. The van der Waals surface area contributed by atoms with Crippen LogP contribution in [-0.2, 0) is 14.3 Å². The van der Waals surface area contributed by atoms with Crippen molar-refractivity contribution in [3.05, 3.63) is 29.8 Å². The molecule has 2 atom stereocenters. The van der Waals surface area contributed by atoms with Gasteiger partial charge in [0.05, 0.1) is 25.2 Å². The Labute approximate surface area is 148 Å². The molecular formula is C19H26N2O4. The molecule has 136 valence electrons. The standard InChI is InChI=1S/C19H26N2O4/c1-13-6-5-7-16(8-13)25-19(2,3)18(23)21-9-14-11-24-12-15(10-21)20(4)17(14)22/h5-8,14-15H,9-12H2,1-4H3/t14-,15+/m1/s1. The molecule has 0 aliphatic carbocycles. The Morgan fingerprint density at radius 1 is 1.28 bits per heavy atom. The summed E-state index contributed by atoms with van der Waals surface area (Å²) in [7, 11) is 1.79. The van der Waals surface area contributed by atoms with Gasteiger partial charge in [0.15, 0.2) is 5.60 Å². The summed E-state index contributed by atoms with van der Waals surface area (Å²) in [4.78, 5) is 29.1. The van der Waals surface area contributed by atoms with Crippen LogP contribution < -0.4 is 4.74 Å². The third-order valence-electron chi connectivity index (χ3n) is 4.91. The van der Waals surface area contributed by atoms with Crippen molar-refractivity contribution >= 4 is 11.8 Å². The molecule has 6 nitrogen and oxygen atoms in total. The topological polar surface area (TPSA) is 59.1 Å². The fourth-order valence-corrected chi connectivity index (χ4v) is 3.46. The highest BCUT2D eigenvalue weighted by Crippen LogP contribution is 2.25. The first-order valence-electron chi connectivity index (χ1n) is 8.67. The SMILES string of the molecule is Cc1cccc(OC(C)(C)C(=O)N2C[C@@H]3COC[C@H](C2)N(C)C3=O)c1. The van der Waals surface area contributed by atoms with E-state index in [1.807, 2.05) is 31.2 Å². The summed E-state index contributed by atoms with van der Waals surface area (Å²) < 4.78 is 11.6. The van der Waals surface area contributed by atoms with E-state index in [1.54, 1.807) is 30.7 Å². The average Bonchev–Trinajstić information content (AvgIpc) is 2.71. The van der Waals surface area contributed by atoms with Crippen LogP contribution in [0.1, 0.15) is 19.4 Å². The predicted molar refractivity (Wildman–Crippen MR) is 93.3 cm³/mol. The van der Waals surface area contributed by atoms with Crippen molar-refractivity contribution in [1.29, 1.82) is 0 Å². The number of carbonyl (C=O) groups is 2. The molecule has 2 amide bonds. The molecule has 2 saturated heterocycles. The van der Waals surface area contributed by atoms with Crippen molar-refractivity contribution in [3.8, 4) is 5.75 Å². The molecule has 0 radical (unpaired) electrons. The van der Waals surface area contributed by atoms with E-state index in [0.717, 1.165) is 5.56 Å². The number of likely N-dealkylation sites (N-methyl/N-ethyl adjacent to an activating group) is 1. The summed E-state index contributed by atoms with van der Waals surface area (Å²) in [6.45, 7) is 7.21. The van der Waals surface area contributed by atoms with Gasteiger partial charge < -0.3 is 19.3 Å². The van der Waals surface area contributed by atoms with Gasteiger partial charge in [-0.1, -0.05) is 12.1 Å². The number of ether oxygens (including phenoxy) is 2. The van der Waals surface area contributed by atoms with E-state index in [4.69, 9.17) is 9.47 Å². The summed E-state index contributed by atoms with van der Waals surface area (Å²) in [5.41, 5.74) is 0.0731. The van der Waals surface area contributed by atoms with Crippen LogP contribution in [0.5, 0.6) is 5.75 Å². The second-order valence-corrected chi connectivity index (χ2v) is 7.48. The highest BCUT2D eigenvalue weighted by Gasteiger charge is 2.42. The molecule has 2 aliphatic heterocycles. The maximum atomic E-state index is 13.1. The number of aryl methyl sites for hydroxylation is 1. The lowest BCUT2D eigenvalue weighted by Crippen LogP contribution is -2.53. The molecule has 25 heavy (non-hydrogen) atoms. The van der Waals surface area contributed by atoms with E-state index in [9.17, 15) is 9.59 Å². The van der Waals surface area contributed by atoms with Crippen molar-refractivity contribution in [2.75, 3.05) is 33.4 Å². The quantitative estimate of drug-likeness (QED) is 0.832. The van der Waals surface area contributed by atoms with Crippen LogP contribution in [0.25, 0.3) is 0 Å². The number of nitrogens with zero attached hydrogens (tertiary/aromatic N) is 2. The first-order valence-corrected chi connectivity index (χ1v) is 8.67. The zero-order valence-corrected chi connectivity index (χ0v) is 15.3. The fourth-order valence-electron chi connectivity index (χ4n) is 3.46. The van der Waals surface area contributed by atoms with Crippen LogP contribution in [0.15, 0.2) is 24.3 Å². The van der Waals surface area contributed by atoms with Crippen LogP contribution in [-0.4, -0.2) is 66.6 Å². The maximum absolute atomic E-state index is 13.1. The average molecular weight is 346 g/mol. The number of benzene rings is 1. The molecule has 2 bridgehead atoms. The van der Waals surface area contributed by atoms with Gasteiger partial charge in [0.1, 0.15) is 5.75 Å². The van der Waals surface area contributed by atoms with Gasteiger partial charge in [0.25, 0.3) is 5.91 Å². The van der Waals surface area contributed by atoms with Crippen LogP contribution in [0, 0.1) is 12.8 Å². The summed E-state index contributed by atoms with van der Waals surface area (Å²) in [6.07, 6.45) is 0. The van der Waals surface area contributed by atoms with Gasteiger partial charge in [-0.2, -0.15) is 0 Å². The maximum Gasteiger partial charge on any atom is 0.266 e. The summed E-state index contributed by atoms with van der Waals surface area (Å²) >= 11 is 0. The van der Waals surface area contributed by atoms with E-state index in [2.05, 4.69) is 0 Å². The molecule has 0 unspecified atom stereocenters. The van der Waals surface area contributed by atoms with Gasteiger partial charge in [-0.25, -0.2) is 0 Å². The van der Waals surface area contributed by atoms with Gasteiger partial charge in [-0.15, -0.1) is 0 Å². The molecule has 0 N–H and O–H groups in total. The van der Waals surface area contributed by atoms with Crippen molar-refractivity contribution in [1.82, 2.24) is 9.80 Å². The number of hydrogen-bond acceptors (Lipinski definition) is 4. The third kappa shape index (κ3) is 3.63. The van der Waals surface area contributed by atoms with Crippen molar-refractivity contribution in [3.63, 3.8) is 0 Å². The lowest BCUT2D eigenvalue weighted by atomic mass is 10.0. The summed E-state index contributed by atoms with van der Waals surface area (Å²) in [6, 6.07) is 7.55. The number of fused-ring (bicyclic) bond motifs is 3. The van der Waals surface area contributed by atoms with Crippen molar-refractivity contribution in [2.45, 2.75) is 32.4 Å². The zero-order chi connectivity index (χ0) is 18.2. The van der Waals surface area contributed by atoms with Gasteiger partial charge in [-0.05, 0) is 38.5 Å². The largest absolute Gasteiger partial charge is 0.478 e. The van der Waals surface area contributed by atoms with Crippen LogP contribution in [0.2, 0.25) is 0 Å². The normalized spacial score (nSPS) is 24.1. The molecule has 1 aromatic carbocycles. The molecule has 1 aromatic rings. The highest BCUT2D eigenvalue weighted by atomic mass is 16.5. The first kappa shape index (κ1) is 17.7. The number of carbonyl (C=O) groups excluding carboxylic acids is 2. The Hall–Kier alpha value is -2.08. The minimum absolute atomic E-state index is 0.0511. The minimum Gasteiger partial charge on any atom is -0.478 e. The van der Waals surface area contributed by atoms with Crippen LogP contribution in [0.4, 0.5) is 0 Å². The second kappa shape index (κ2) is 6.67. The van der Waals surface area contributed by atoms with Gasteiger partial charge in [0.2, 0.25) is 5.91 Å². The van der Waals surface area contributed by atoms with Crippen molar-refractivity contribution in [2.24, 2.45) is 5.92 Å². The Kier molecular flexibility index (Phi) is 4.73. The molecule has 0 aromatic heterocycles. The molecule has 2 heterocycles. The van der Waals surface area contributed by atoms with E-state index >= 15 is 0 Å².